The zero-order valence-electron chi connectivity index (χ0n) is 28.3. The molecule has 49 heavy (non-hydrogen) atoms. The highest BCUT2D eigenvalue weighted by Crippen LogP contribution is 2.46. The smallest absolute Gasteiger partial charge is 0.331 e. The highest BCUT2D eigenvalue weighted by atomic mass is 32.1. The molecule has 4 aromatic rings. The number of benzene rings is 2. The second-order valence-corrected chi connectivity index (χ2v) is 14.2. The molecule has 2 aromatic carbocycles. The van der Waals surface area contributed by atoms with Gasteiger partial charge in [-0.3, -0.25) is 14.5 Å². The lowest BCUT2D eigenvalue weighted by Crippen LogP contribution is -2.50. The summed E-state index contributed by atoms with van der Waals surface area (Å²) in [4.78, 5) is 49.7. The van der Waals surface area contributed by atoms with Crippen molar-refractivity contribution in [1.29, 1.82) is 5.26 Å². The summed E-state index contributed by atoms with van der Waals surface area (Å²) in [6.45, 7) is 9.31. The van der Waals surface area contributed by atoms with E-state index in [1.54, 1.807) is 22.1 Å². The standard InChI is InChI=1S/C38H41N7O3S/c1-5-41-38(3,4)21-27(22-39)36(47)44-19-9-12-28(23-44)42-34(46)33-32-31-30(17-18-40-35(31)49-33)45(37(48)43-32)29-16-15-26(20-24(29)2)14-13-25-10-7-6-8-11-25/h6-8,10-11,15-18,20-21,28,41H,5,9,12-14,19,23H2,1-4H3,(H,42,46)(H,43,48)/b27-21+/t28-/m1/s1. The van der Waals surface area contributed by atoms with E-state index < -0.39 is 5.54 Å². The van der Waals surface area contributed by atoms with Gasteiger partial charge in [0.1, 0.15) is 21.3 Å². The van der Waals surface area contributed by atoms with Crippen LogP contribution in [-0.4, -0.2) is 58.9 Å². The first-order chi connectivity index (χ1) is 23.6. The van der Waals surface area contributed by atoms with Gasteiger partial charge >= 0.3 is 6.03 Å². The minimum Gasteiger partial charge on any atom is -0.347 e. The molecule has 10 nitrogen and oxygen atoms in total. The summed E-state index contributed by atoms with van der Waals surface area (Å²) in [7, 11) is 0. The molecule has 11 heteroatoms. The maximum atomic E-state index is 13.8. The van der Waals surface area contributed by atoms with Crippen LogP contribution in [0, 0.1) is 18.3 Å². The molecule has 0 spiro atoms. The van der Waals surface area contributed by atoms with E-state index in [2.05, 4.69) is 51.3 Å². The Morgan fingerprint density at radius 3 is 2.63 bits per heavy atom. The van der Waals surface area contributed by atoms with E-state index in [0.29, 0.717) is 47.0 Å². The summed E-state index contributed by atoms with van der Waals surface area (Å²) in [5, 5.41) is 19.8. The van der Waals surface area contributed by atoms with Crippen LogP contribution >= 0.6 is 11.3 Å². The van der Waals surface area contributed by atoms with E-state index in [1.807, 2.05) is 58.0 Å². The van der Waals surface area contributed by atoms with E-state index >= 15 is 0 Å². The quantitative estimate of drug-likeness (QED) is 0.128. The molecule has 0 radical (unpaired) electrons. The number of urea groups is 1. The normalized spacial score (nSPS) is 16.3. The van der Waals surface area contributed by atoms with Crippen molar-refractivity contribution in [3.05, 3.63) is 94.0 Å². The summed E-state index contributed by atoms with van der Waals surface area (Å²) in [5.74, 6) is -0.676. The number of nitrogens with zero attached hydrogens (tertiary/aromatic N) is 4. The molecule has 0 unspecified atom stereocenters. The minimum absolute atomic E-state index is 0.0785. The Morgan fingerprint density at radius 2 is 1.90 bits per heavy atom. The Hall–Kier alpha value is -5.05. The van der Waals surface area contributed by atoms with Crippen molar-refractivity contribution in [3.63, 3.8) is 0 Å². The van der Waals surface area contributed by atoms with Crippen molar-refractivity contribution >= 4 is 56.5 Å². The molecule has 0 saturated carbocycles. The number of hydrogen-bond donors (Lipinski definition) is 3. The minimum atomic E-state index is -0.515. The number of aromatic nitrogens is 1. The molecule has 2 aliphatic heterocycles. The van der Waals surface area contributed by atoms with Gasteiger partial charge in [-0.1, -0.05) is 49.4 Å². The average molecular weight is 676 g/mol. The van der Waals surface area contributed by atoms with E-state index in [4.69, 9.17) is 0 Å². The van der Waals surface area contributed by atoms with E-state index in [-0.39, 0.29) is 36.0 Å². The summed E-state index contributed by atoms with van der Waals surface area (Å²) in [6.07, 6.45) is 6.53. The number of likely N-dealkylation sites (N-methyl/N-ethyl adjacent to an activating group) is 1. The lowest BCUT2D eigenvalue weighted by Gasteiger charge is -2.33. The number of likely N-dealkylation sites (tertiary alicyclic amines) is 1. The SMILES string of the molecule is CCNC(C)(C)/C=C(\C#N)C(=O)N1CCC[C@@H](NC(=O)c2sc3nccc4c3c2NC(=O)N4c2ccc(CCc3ccccc3)cc2C)C1. The van der Waals surface area contributed by atoms with Gasteiger partial charge in [0.15, 0.2) is 0 Å². The Morgan fingerprint density at radius 1 is 1.12 bits per heavy atom. The summed E-state index contributed by atoms with van der Waals surface area (Å²) >= 11 is 1.23. The third-order valence-electron chi connectivity index (χ3n) is 9.03. The molecule has 3 N–H and O–H groups in total. The van der Waals surface area contributed by atoms with Gasteiger partial charge in [0.25, 0.3) is 11.8 Å². The molecular formula is C38H41N7O3S. The number of aryl methyl sites for hydroxylation is 3. The lowest BCUT2D eigenvalue weighted by atomic mass is 9.99. The van der Waals surface area contributed by atoms with Crippen LogP contribution in [-0.2, 0) is 17.6 Å². The summed E-state index contributed by atoms with van der Waals surface area (Å²) < 4.78 is 0. The number of carbonyl (C=O) groups is 3. The van der Waals surface area contributed by atoms with Gasteiger partial charge in [0, 0.05) is 30.9 Å². The van der Waals surface area contributed by atoms with Gasteiger partial charge < -0.3 is 20.9 Å². The maximum Gasteiger partial charge on any atom is 0.331 e. The summed E-state index contributed by atoms with van der Waals surface area (Å²) in [5.41, 5.74) is 4.89. The third-order valence-corrected chi connectivity index (χ3v) is 10.1. The lowest BCUT2D eigenvalue weighted by molar-refractivity contribution is -0.128. The van der Waals surface area contributed by atoms with Crippen LogP contribution in [0.5, 0.6) is 0 Å². The fourth-order valence-electron chi connectivity index (χ4n) is 6.75. The molecule has 4 amide bonds. The number of anilines is 3. The van der Waals surface area contributed by atoms with Gasteiger partial charge in [-0.2, -0.15) is 5.26 Å². The van der Waals surface area contributed by atoms with Crippen LogP contribution < -0.4 is 20.9 Å². The van der Waals surface area contributed by atoms with Gasteiger partial charge in [0.05, 0.1) is 22.4 Å². The van der Waals surface area contributed by atoms with Crippen molar-refractivity contribution in [1.82, 2.24) is 20.5 Å². The zero-order valence-corrected chi connectivity index (χ0v) is 29.1. The number of rotatable bonds is 10. The number of amides is 4. The number of carbonyl (C=O) groups excluding carboxylic acids is 3. The Labute approximate surface area is 290 Å². The van der Waals surface area contributed by atoms with Crippen LogP contribution in [0.1, 0.15) is 60.0 Å². The first kappa shape index (κ1) is 33.8. The molecule has 6 rings (SSSR count). The monoisotopic (exact) mass is 675 g/mol. The van der Waals surface area contributed by atoms with Gasteiger partial charge in [-0.05, 0) is 87.9 Å². The second kappa shape index (κ2) is 14.2. The number of thiophene rings is 1. The molecule has 2 aromatic heterocycles. The molecule has 1 saturated heterocycles. The third kappa shape index (κ3) is 7.21. The molecule has 252 valence electrons. The number of pyridine rings is 1. The molecular weight excluding hydrogens is 635 g/mol. The molecule has 0 bridgehead atoms. The number of hydrogen-bond acceptors (Lipinski definition) is 7. The van der Waals surface area contributed by atoms with Gasteiger partial charge in [-0.25, -0.2) is 9.78 Å². The molecule has 4 heterocycles. The topological polar surface area (TPSA) is 130 Å². The van der Waals surface area contributed by atoms with Crippen molar-refractivity contribution in [2.24, 2.45) is 0 Å². The van der Waals surface area contributed by atoms with Crippen molar-refractivity contribution < 1.29 is 14.4 Å². The maximum absolute atomic E-state index is 13.8. The van der Waals surface area contributed by atoms with Crippen LogP contribution in [0.25, 0.3) is 10.2 Å². The fraction of sp³-hybridized carbons (Fsp3) is 0.342. The predicted molar refractivity (Wildman–Crippen MR) is 194 cm³/mol. The molecule has 2 aliphatic rings. The number of nitrogens with one attached hydrogen (secondary N) is 3. The van der Waals surface area contributed by atoms with E-state index in [9.17, 15) is 19.6 Å². The first-order valence-corrected chi connectivity index (χ1v) is 17.5. The second-order valence-electron chi connectivity index (χ2n) is 13.2. The van der Waals surface area contributed by atoms with Crippen LogP contribution in [0.2, 0.25) is 0 Å². The zero-order chi connectivity index (χ0) is 34.7. The Balaban J connectivity index is 1.20. The Kier molecular flexibility index (Phi) is 9.81. The predicted octanol–water partition coefficient (Wildman–Crippen LogP) is 6.63. The van der Waals surface area contributed by atoms with Gasteiger partial charge in [0.2, 0.25) is 0 Å². The van der Waals surface area contributed by atoms with Crippen LogP contribution in [0.15, 0.2) is 72.4 Å². The summed E-state index contributed by atoms with van der Waals surface area (Å²) in [6, 6.07) is 19.8. The highest BCUT2D eigenvalue weighted by Gasteiger charge is 2.35. The number of nitriles is 1. The average Bonchev–Trinajstić information content (AvgIpc) is 3.46. The highest BCUT2D eigenvalue weighted by molar-refractivity contribution is 7.21. The van der Waals surface area contributed by atoms with Crippen LogP contribution in [0.4, 0.5) is 21.9 Å². The van der Waals surface area contributed by atoms with E-state index in [0.717, 1.165) is 29.5 Å². The molecule has 1 fully saturated rings. The molecule has 1 atom stereocenters. The number of piperidine rings is 1. The van der Waals surface area contributed by atoms with Gasteiger partial charge in [-0.15, -0.1) is 11.3 Å². The van der Waals surface area contributed by atoms with Crippen molar-refractivity contribution in [2.75, 3.05) is 29.9 Å². The first-order valence-electron chi connectivity index (χ1n) is 16.7. The largest absolute Gasteiger partial charge is 0.347 e. The Bertz CT molecular complexity index is 1980. The van der Waals surface area contributed by atoms with E-state index in [1.165, 1.54) is 22.5 Å². The fourth-order valence-corrected chi connectivity index (χ4v) is 7.77. The van der Waals surface area contributed by atoms with Crippen molar-refractivity contribution in [3.8, 4) is 6.07 Å². The van der Waals surface area contributed by atoms with Crippen LogP contribution in [0.3, 0.4) is 0 Å². The van der Waals surface area contributed by atoms with Crippen molar-refractivity contribution in [2.45, 2.75) is 65.0 Å². The molecule has 0 aliphatic carbocycles.